The Hall–Kier alpha value is 1.21. The number of methoxy groups -OCH3 is 2. The van der Waals surface area contributed by atoms with Gasteiger partial charge in [-0.05, 0) is 0 Å². The minimum atomic E-state index is 0. The van der Waals surface area contributed by atoms with Crippen LogP contribution >= 0.6 is 0 Å². The standard InChI is InChI=1S/C4H10O2.Tb/c1-5-3-4-6-2;/h3-4H2,1-2H3;. The van der Waals surface area contributed by atoms with Gasteiger partial charge in [0.15, 0.2) is 0 Å². The van der Waals surface area contributed by atoms with Gasteiger partial charge in [-0.15, -0.1) is 0 Å². The van der Waals surface area contributed by atoms with Crippen molar-refractivity contribution in [3.05, 3.63) is 0 Å². The van der Waals surface area contributed by atoms with Crippen molar-refractivity contribution in [2.24, 2.45) is 0 Å². The maximum absolute atomic E-state index is 4.66. The summed E-state index contributed by atoms with van der Waals surface area (Å²) in [7, 11) is 3.30. The number of hydrogen-bond donors (Lipinski definition) is 0. The van der Waals surface area contributed by atoms with E-state index in [1.165, 1.54) is 0 Å². The van der Waals surface area contributed by atoms with E-state index in [2.05, 4.69) is 9.47 Å². The third kappa shape index (κ3) is 11.0. The topological polar surface area (TPSA) is 18.5 Å². The molecule has 0 saturated heterocycles. The molecule has 7 heavy (non-hydrogen) atoms. The van der Waals surface area contributed by atoms with Crippen LogP contribution in [-0.2, 0) is 9.47 Å². The molecule has 0 atom stereocenters. The molecule has 0 aromatic rings. The van der Waals surface area contributed by atoms with Crippen LogP contribution in [0.4, 0.5) is 0 Å². The van der Waals surface area contributed by atoms with E-state index in [0.29, 0.717) is 13.2 Å². The molecule has 0 spiro atoms. The smallest absolute Gasteiger partial charge is 0.0696 e. The maximum Gasteiger partial charge on any atom is 0.0696 e. The minimum Gasteiger partial charge on any atom is -0.382 e. The molecule has 0 aromatic carbocycles. The SMILES string of the molecule is COCCOC.[Tb]. The van der Waals surface area contributed by atoms with E-state index in [1.54, 1.807) is 14.2 Å². The molecule has 3 heteroatoms. The molecule has 47 valence electrons. The van der Waals surface area contributed by atoms with Crippen molar-refractivity contribution >= 4 is 0 Å². The molecule has 1 radical (unpaired) electrons. The molecule has 0 aromatic heterocycles. The first-order chi connectivity index (χ1) is 2.91. The van der Waals surface area contributed by atoms with Crippen molar-refractivity contribution in [3.8, 4) is 0 Å². The second-order valence-corrected chi connectivity index (χ2v) is 0.986. The van der Waals surface area contributed by atoms with Crippen LogP contribution in [0.25, 0.3) is 0 Å². The summed E-state index contributed by atoms with van der Waals surface area (Å²) >= 11 is 0. The van der Waals surface area contributed by atoms with Gasteiger partial charge in [0.05, 0.1) is 13.2 Å². The van der Waals surface area contributed by atoms with Crippen LogP contribution in [0.5, 0.6) is 0 Å². The summed E-state index contributed by atoms with van der Waals surface area (Å²) < 4.78 is 9.31. The van der Waals surface area contributed by atoms with Crippen LogP contribution in [0.15, 0.2) is 0 Å². The van der Waals surface area contributed by atoms with Gasteiger partial charge in [-0.2, -0.15) is 0 Å². The van der Waals surface area contributed by atoms with Crippen LogP contribution in [-0.4, -0.2) is 27.4 Å². The zero-order chi connectivity index (χ0) is 4.83. The van der Waals surface area contributed by atoms with Gasteiger partial charge in [0.25, 0.3) is 0 Å². The zero-order valence-corrected chi connectivity index (χ0v) is 6.70. The summed E-state index contributed by atoms with van der Waals surface area (Å²) in [5.41, 5.74) is 0. The molecule has 0 saturated carbocycles. The first-order valence-corrected chi connectivity index (χ1v) is 1.89. The summed E-state index contributed by atoms with van der Waals surface area (Å²) in [5.74, 6) is 0. The Bertz CT molecular complexity index is 21.7. The van der Waals surface area contributed by atoms with Gasteiger partial charge in [-0.1, -0.05) is 0 Å². The molecule has 0 aliphatic heterocycles. The Morgan fingerprint density at radius 1 is 1.00 bits per heavy atom. The molecule has 0 bridgehead atoms. The average molecular weight is 249 g/mol. The van der Waals surface area contributed by atoms with Gasteiger partial charge in [-0.3, -0.25) is 0 Å². The Balaban J connectivity index is 0. The van der Waals surface area contributed by atoms with E-state index < -0.39 is 0 Å². The summed E-state index contributed by atoms with van der Waals surface area (Å²) in [6.45, 7) is 1.38. The predicted molar refractivity (Wildman–Crippen MR) is 23.8 cm³/mol. The largest absolute Gasteiger partial charge is 0.382 e. The molecule has 0 heterocycles. The van der Waals surface area contributed by atoms with Crippen molar-refractivity contribution in [2.45, 2.75) is 0 Å². The van der Waals surface area contributed by atoms with E-state index in [-0.39, 0.29) is 38.6 Å². The third-order valence-corrected chi connectivity index (χ3v) is 0.492. The molecule has 0 N–H and O–H groups in total. The van der Waals surface area contributed by atoms with Gasteiger partial charge in [0.1, 0.15) is 0 Å². The van der Waals surface area contributed by atoms with Crippen LogP contribution in [0.2, 0.25) is 0 Å². The van der Waals surface area contributed by atoms with E-state index in [0.717, 1.165) is 0 Å². The quantitative estimate of drug-likeness (QED) is 0.669. The number of rotatable bonds is 3. The normalized spacial score (nSPS) is 7.71. The van der Waals surface area contributed by atoms with Gasteiger partial charge in [0.2, 0.25) is 0 Å². The molecule has 0 amide bonds. The Labute approximate surface area is 75.0 Å². The van der Waals surface area contributed by atoms with Crippen molar-refractivity contribution in [1.29, 1.82) is 0 Å². The van der Waals surface area contributed by atoms with Crippen LogP contribution in [0.1, 0.15) is 0 Å². The van der Waals surface area contributed by atoms with Gasteiger partial charge in [0, 0.05) is 52.8 Å². The van der Waals surface area contributed by atoms with Gasteiger partial charge in [-0.25, -0.2) is 0 Å². The molecular formula is C4H10O2Tb. The second kappa shape index (κ2) is 10.2. The summed E-state index contributed by atoms with van der Waals surface area (Å²) in [5, 5.41) is 0. The monoisotopic (exact) mass is 249 g/mol. The second-order valence-electron chi connectivity index (χ2n) is 0.986. The molecule has 0 unspecified atom stereocenters. The molecule has 2 nitrogen and oxygen atoms in total. The van der Waals surface area contributed by atoms with Crippen molar-refractivity contribution in [2.75, 3.05) is 27.4 Å². The summed E-state index contributed by atoms with van der Waals surface area (Å²) in [6, 6.07) is 0. The first-order valence-electron chi connectivity index (χ1n) is 1.89. The van der Waals surface area contributed by atoms with Crippen molar-refractivity contribution < 1.29 is 48.1 Å². The molecule has 0 aliphatic rings. The average Bonchev–Trinajstić information content (AvgIpc) is 1.61. The van der Waals surface area contributed by atoms with Gasteiger partial charge < -0.3 is 9.47 Å². The fraction of sp³-hybridized carbons (Fsp3) is 1.00. The number of ether oxygens (including phenoxy) is 2. The van der Waals surface area contributed by atoms with Gasteiger partial charge >= 0.3 is 0 Å². The predicted octanol–water partition coefficient (Wildman–Crippen LogP) is 0.279. The first kappa shape index (κ1) is 11.1. The third-order valence-electron chi connectivity index (χ3n) is 0.492. The van der Waals surface area contributed by atoms with Crippen LogP contribution in [0.3, 0.4) is 0 Å². The van der Waals surface area contributed by atoms with Crippen LogP contribution < -0.4 is 0 Å². The Kier molecular flexibility index (Phi) is 16.2. The van der Waals surface area contributed by atoms with Crippen LogP contribution in [0, 0.1) is 38.6 Å². The van der Waals surface area contributed by atoms with E-state index in [9.17, 15) is 0 Å². The fourth-order valence-electron chi connectivity index (χ4n) is 0.167. The Morgan fingerprint density at radius 3 is 1.43 bits per heavy atom. The minimum absolute atomic E-state index is 0. The molecule has 0 fully saturated rings. The van der Waals surface area contributed by atoms with E-state index >= 15 is 0 Å². The van der Waals surface area contributed by atoms with Crippen molar-refractivity contribution in [1.82, 2.24) is 0 Å². The molecule has 0 rings (SSSR count). The number of hydrogen-bond acceptors (Lipinski definition) is 2. The fourth-order valence-corrected chi connectivity index (χ4v) is 0.167. The molecular weight excluding hydrogens is 239 g/mol. The summed E-state index contributed by atoms with van der Waals surface area (Å²) in [6.07, 6.45) is 0. The molecule has 0 aliphatic carbocycles. The Morgan fingerprint density at radius 2 is 1.29 bits per heavy atom. The van der Waals surface area contributed by atoms with E-state index in [1.807, 2.05) is 0 Å². The maximum atomic E-state index is 4.66. The van der Waals surface area contributed by atoms with E-state index in [4.69, 9.17) is 0 Å². The van der Waals surface area contributed by atoms with Crippen molar-refractivity contribution in [3.63, 3.8) is 0 Å². The zero-order valence-electron chi connectivity index (χ0n) is 4.56. The summed E-state index contributed by atoms with van der Waals surface area (Å²) in [4.78, 5) is 0.